The number of rotatable bonds is 7. The summed E-state index contributed by atoms with van der Waals surface area (Å²) in [6, 6.07) is 10.8. The third-order valence-corrected chi connectivity index (χ3v) is 10.8. The molecule has 0 saturated heterocycles. The molecule has 7 rings (SSSR count). The summed E-state index contributed by atoms with van der Waals surface area (Å²) in [7, 11) is 1.73. The van der Waals surface area contributed by atoms with Gasteiger partial charge in [-0.05, 0) is 125 Å². The number of aryl methyl sites for hydroxylation is 1. The minimum Gasteiger partial charge on any atom is -0.496 e. The molecule has 0 radical (unpaired) electrons. The van der Waals surface area contributed by atoms with Gasteiger partial charge in [0.25, 0.3) is 0 Å². The van der Waals surface area contributed by atoms with Gasteiger partial charge < -0.3 is 9.84 Å². The molecule has 0 spiro atoms. The molecule has 3 aromatic rings. The maximum absolute atomic E-state index is 14.3. The van der Waals surface area contributed by atoms with Gasteiger partial charge in [-0.1, -0.05) is 25.0 Å². The summed E-state index contributed by atoms with van der Waals surface area (Å²) >= 11 is 0. The van der Waals surface area contributed by atoms with E-state index in [0.29, 0.717) is 18.8 Å². The monoisotopic (exact) mass is 584 g/mol. The van der Waals surface area contributed by atoms with Gasteiger partial charge in [0.15, 0.2) is 0 Å². The lowest BCUT2D eigenvalue weighted by Gasteiger charge is -2.55. The van der Waals surface area contributed by atoms with Gasteiger partial charge in [-0.15, -0.1) is 0 Å². The number of hydrogen-bond donors (Lipinski definition) is 1. The fraction of sp³-hybridized carbons (Fsp3) is 0.583. The Morgan fingerprint density at radius 1 is 1.05 bits per heavy atom. The number of aromatic nitrogens is 3. The second kappa shape index (κ2) is 11.4. The Morgan fingerprint density at radius 2 is 1.77 bits per heavy atom. The summed E-state index contributed by atoms with van der Waals surface area (Å²) in [6.07, 6.45) is 15.2. The molecule has 43 heavy (non-hydrogen) atoms. The van der Waals surface area contributed by atoms with E-state index in [-0.39, 0.29) is 28.2 Å². The minimum absolute atomic E-state index is 0.0322. The van der Waals surface area contributed by atoms with Crippen LogP contribution in [0.5, 0.6) is 5.75 Å². The lowest BCUT2D eigenvalue weighted by molar-refractivity contribution is -0.128. The number of benzene rings is 1. The molecule has 1 aromatic carbocycles. The number of aliphatic hydroxyl groups excluding tert-OH is 1. The van der Waals surface area contributed by atoms with Gasteiger partial charge in [-0.25, -0.2) is 4.98 Å². The summed E-state index contributed by atoms with van der Waals surface area (Å²) in [6.45, 7) is 9.19. The number of fused-ring (bicyclic) bond motifs is 3. The lowest BCUT2D eigenvalue weighted by Crippen LogP contribution is -2.52. The second-order valence-electron chi connectivity index (χ2n) is 14.6. The molecule has 4 aliphatic rings. The number of carbonyl (C=O) groups excluding carboxylic acids is 1. The van der Waals surface area contributed by atoms with Crippen LogP contribution in [0.15, 0.2) is 48.9 Å². The van der Waals surface area contributed by atoms with Crippen molar-refractivity contribution in [3.05, 3.63) is 60.0 Å². The fourth-order valence-electron chi connectivity index (χ4n) is 7.93. The smallest absolute Gasteiger partial charge is 0.233 e. The van der Waals surface area contributed by atoms with E-state index in [2.05, 4.69) is 57.2 Å². The van der Waals surface area contributed by atoms with Crippen LogP contribution in [0.2, 0.25) is 0 Å². The van der Waals surface area contributed by atoms with Crippen LogP contribution in [0.3, 0.4) is 0 Å². The van der Waals surface area contributed by atoms with Gasteiger partial charge in [-0.3, -0.25) is 14.4 Å². The number of amides is 1. The van der Waals surface area contributed by atoms with Gasteiger partial charge in [0.2, 0.25) is 5.91 Å². The van der Waals surface area contributed by atoms with E-state index in [4.69, 9.17) is 9.72 Å². The summed E-state index contributed by atoms with van der Waals surface area (Å²) in [5.41, 5.74) is 4.79. The van der Waals surface area contributed by atoms with Crippen LogP contribution in [0.1, 0.15) is 96.1 Å². The first kappa shape index (κ1) is 29.9. The maximum Gasteiger partial charge on any atom is 0.233 e. The number of pyridine rings is 1. The third-order valence-electron chi connectivity index (χ3n) is 10.8. The van der Waals surface area contributed by atoms with E-state index < -0.39 is 6.10 Å². The first-order chi connectivity index (χ1) is 20.5. The number of hydrogen-bond acceptors (Lipinski definition) is 5. The van der Waals surface area contributed by atoms with E-state index in [1.165, 1.54) is 11.1 Å². The van der Waals surface area contributed by atoms with Gasteiger partial charge >= 0.3 is 0 Å². The third kappa shape index (κ3) is 5.73. The molecule has 2 unspecified atom stereocenters. The van der Waals surface area contributed by atoms with Crippen molar-refractivity contribution in [2.75, 3.05) is 18.6 Å². The first-order valence-corrected chi connectivity index (χ1v) is 16.2. The normalized spacial score (nSPS) is 27.2. The Kier molecular flexibility index (Phi) is 7.91. The van der Waals surface area contributed by atoms with E-state index in [0.717, 1.165) is 74.7 Å². The molecule has 2 heterocycles. The average Bonchev–Trinajstić information content (AvgIpc) is 3.53. The van der Waals surface area contributed by atoms with E-state index in [1.807, 2.05) is 34.1 Å². The molecule has 230 valence electrons. The molecular formula is C36H48N4O3. The molecule has 4 fully saturated rings. The highest BCUT2D eigenvalue weighted by molar-refractivity contribution is 5.95. The fourth-order valence-corrected chi connectivity index (χ4v) is 7.93. The molecule has 4 saturated carbocycles. The predicted molar refractivity (Wildman–Crippen MR) is 170 cm³/mol. The van der Waals surface area contributed by atoms with Crippen LogP contribution in [0.25, 0.3) is 11.1 Å². The van der Waals surface area contributed by atoms with Crippen LogP contribution in [-0.4, -0.2) is 45.5 Å². The zero-order valence-corrected chi connectivity index (χ0v) is 26.6. The summed E-state index contributed by atoms with van der Waals surface area (Å²) in [4.78, 5) is 21.0. The van der Waals surface area contributed by atoms with Crippen LogP contribution in [0, 0.1) is 18.3 Å². The quantitative estimate of drug-likeness (QED) is 0.318. The Hall–Kier alpha value is -3.19. The van der Waals surface area contributed by atoms with Crippen molar-refractivity contribution in [3.63, 3.8) is 0 Å². The highest BCUT2D eigenvalue weighted by Crippen LogP contribution is 2.58. The highest BCUT2D eigenvalue weighted by atomic mass is 16.5. The highest BCUT2D eigenvalue weighted by Gasteiger charge is 2.51. The van der Waals surface area contributed by atoms with Crippen molar-refractivity contribution in [3.8, 4) is 16.9 Å². The van der Waals surface area contributed by atoms with E-state index in [9.17, 15) is 9.90 Å². The molecule has 2 aromatic heterocycles. The first-order valence-electron chi connectivity index (χ1n) is 16.2. The second-order valence-corrected chi connectivity index (χ2v) is 14.6. The Labute approximate surface area is 256 Å². The predicted octanol–water partition coefficient (Wildman–Crippen LogP) is 7.19. The molecule has 2 bridgehead atoms. The van der Waals surface area contributed by atoms with Crippen LogP contribution >= 0.6 is 0 Å². The molecule has 1 N–H and O–H groups in total. The Balaban J connectivity index is 1.28. The molecule has 2 atom stereocenters. The van der Waals surface area contributed by atoms with Gasteiger partial charge in [-0.2, -0.15) is 5.10 Å². The number of methoxy groups -OCH3 is 1. The van der Waals surface area contributed by atoms with Gasteiger partial charge in [0.1, 0.15) is 11.6 Å². The van der Waals surface area contributed by atoms with Crippen molar-refractivity contribution in [2.45, 2.75) is 109 Å². The van der Waals surface area contributed by atoms with Crippen LogP contribution < -0.4 is 9.64 Å². The van der Waals surface area contributed by atoms with Crippen molar-refractivity contribution < 1.29 is 14.6 Å². The van der Waals surface area contributed by atoms with Gasteiger partial charge in [0, 0.05) is 24.5 Å². The van der Waals surface area contributed by atoms with Crippen LogP contribution in [-0.2, 0) is 15.7 Å². The maximum atomic E-state index is 14.3. The molecule has 1 amide bonds. The molecule has 4 aliphatic carbocycles. The molecule has 7 nitrogen and oxygen atoms in total. The number of anilines is 1. The Morgan fingerprint density at radius 3 is 2.40 bits per heavy atom. The van der Waals surface area contributed by atoms with E-state index in [1.54, 1.807) is 7.11 Å². The zero-order valence-electron chi connectivity index (χ0n) is 26.6. The summed E-state index contributed by atoms with van der Waals surface area (Å²) in [5.74, 6) is 1.30. The average molecular weight is 585 g/mol. The van der Waals surface area contributed by atoms with Crippen molar-refractivity contribution in [1.29, 1.82) is 0 Å². The summed E-state index contributed by atoms with van der Waals surface area (Å²) in [5, 5.41) is 15.5. The number of carbonyl (C=O) groups is 1. The Bertz CT molecular complexity index is 1450. The van der Waals surface area contributed by atoms with Crippen molar-refractivity contribution in [1.82, 2.24) is 14.8 Å². The molecule has 0 aliphatic heterocycles. The van der Waals surface area contributed by atoms with Crippen LogP contribution in [0.4, 0.5) is 5.82 Å². The van der Waals surface area contributed by atoms with E-state index >= 15 is 0 Å². The van der Waals surface area contributed by atoms with Gasteiger partial charge in [0.05, 0.1) is 30.9 Å². The molecule has 7 heteroatoms. The number of aliphatic hydroxyl groups is 1. The standard InChI is InChI=1S/C36H48N4O3/c1-25-20-28(10-11-31(25)43-5)36-16-13-35(14-17-36,15-18-36)24-39(33(42)29-8-6-7-9-30(29)41)32-21-26(12-19-37-32)27-22-38-40(23-27)34(2,3)4/h10-12,19-23,29-30,41H,6-9,13-18,24H2,1-5H3. The lowest BCUT2D eigenvalue weighted by atomic mass is 9.51. The minimum atomic E-state index is -0.585. The zero-order chi connectivity index (χ0) is 30.4. The SMILES string of the molecule is COc1ccc(C23CCC(CN(C(=O)C4CCCCC4O)c4cc(-c5cnn(C(C)(C)C)c5)ccn4)(CC2)CC3)cc1C. The van der Waals surface area contributed by atoms with Crippen molar-refractivity contribution in [2.24, 2.45) is 11.3 Å². The topological polar surface area (TPSA) is 80.5 Å². The summed E-state index contributed by atoms with van der Waals surface area (Å²) < 4.78 is 7.51. The van der Waals surface area contributed by atoms with Crippen molar-refractivity contribution >= 4 is 11.7 Å². The molecular weight excluding hydrogens is 536 g/mol. The largest absolute Gasteiger partial charge is 0.496 e. The number of ether oxygens (including phenoxy) is 1. The number of nitrogens with zero attached hydrogens (tertiary/aromatic N) is 4.